The van der Waals surface area contributed by atoms with Crippen LogP contribution in [0, 0.1) is 5.92 Å². The van der Waals surface area contributed by atoms with E-state index in [0.29, 0.717) is 31.5 Å². The van der Waals surface area contributed by atoms with Gasteiger partial charge in [-0.15, -0.1) is 0 Å². The van der Waals surface area contributed by atoms with Crippen LogP contribution >= 0.6 is 0 Å². The molecule has 3 aromatic rings. The van der Waals surface area contributed by atoms with E-state index in [-0.39, 0.29) is 11.8 Å². The number of nitrogens with zero attached hydrogens (tertiary/aromatic N) is 4. The fraction of sp³-hybridized carbons (Fsp3) is 0.333. The maximum absolute atomic E-state index is 12.4. The smallest absolute Gasteiger partial charge is 0.324 e. The Morgan fingerprint density at radius 1 is 1.21 bits per heavy atom. The summed E-state index contributed by atoms with van der Waals surface area (Å²) in [5, 5.41) is 7.06. The van der Waals surface area contributed by atoms with Crippen LogP contribution in [0.4, 0.5) is 6.01 Å². The van der Waals surface area contributed by atoms with Gasteiger partial charge in [-0.05, 0) is 49.2 Å². The van der Waals surface area contributed by atoms with Crippen molar-refractivity contribution in [2.75, 3.05) is 25.1 Å². The molecule has 1 fully saturated rings. The SMILES string of the molecule is COc1ccc(-c2noc(N3CCC(C(=O)NCc4ccccn4)CC3)n2)cc1. The highest BCUT2D eigenvalue weighted by atomic mass is 16.5. The number of anilines is 1. The lowest BCUT2D eigenvalue weighted by Gasteiger charge is -2.29. The van der Waals surface area contributed by atoms with Crippen LogP contribution in [0.15, 0.2) is 53.2 Å². The predicted molar refractivity (Wildman–Crippen MR) is 107 cm³/mol. The van der Waals surface area contributed by atoms with Crippen LogP contribution < -0.4 is 15.0 Å². The standard InChI is InChI=1S/C21H23N5O3/c1-28-18-7-5-15(6-8-18)19-24-21(29-25-19)26-12-9-16(10-13-26)20(27)23-14-17-4-2-3-11-22-17/h2-8,11,16H,9-10,12-14H2,1H3,(H,23,27). The van der Waals surface area contributed by atoms with Crippen LogP contribution in [-0.4, -0.2) is 41.2 Å². The summed E-state index contributed by atoms with van der Waals surface area (Å²) in [6, 6.07) is 13.7. The summed E-state index contributed by atoms with van der Waals surface area (Å²) in [6.07, 6.45) is 3.22. The van der Waals surface area contributed by atoms with Crippen molar-refractivity contribution in [2.45, 2.75) is 19.4 Å². The molecule has 1 aliphatic rings. The van der Waals surface area contributed by atoms with Crippen molar-refractivity contribution in [2.24, 2.45) is 5.92 Å². The van der Waals surface area contributed by atoms with Gasteiger partial charge in [0.15, 0.2) is 0 Å². The molecule has 2 aromatic heterocycles. The molecule has 0 radical (unpaired) electrons. The van der Waals surface area contributed by atoms with Gasteiger partial charge in [-0.3, -0.25) is 9.78 Å². The van der Waals surface area contributed by atoms with Crippen molar-refractivity contribution >= 4 is 11.9 Å². The molecule has 8 heteroatoms. The van der Waals surface area contributed by atoms with E-state index in [9.17, 15) is 4.79 Å². The number of hydrogen-bond acceptors (Lipinski definition) is 7. The lowest BCUT2D eigenvalue weighted by molar-refractivity contribution is -0.125. The highest BCUT2D eigenvalue weighted by Gasteiger charge is 2.27. The topological polar surface area (TPSA) is 93.4 Å². The number of benzene rings is 1. The number of nitrogens with one attached hydrogen (secondary N) is 1. The summed E-state index contributed by atoms with van der Waals surface area (Å²) in [5.41, 5.74) is 1.72. The minimum absolute atomic E-state index is 0.0149. The Labute approximate surface area is 168 Å². The van der Waals surface area contributed by atoms with Crippen molar-refractivity contribution in [3.8, 4) is 17.1 Å². The Kier molecular flexibility index (Phi) is 5.69. The minimum atomic E-state index is -0.0149. The maximum atomic E-state index is 12.4. The zero-order valence-electron chi connectivity index (χ0n) is 16.2. The normalized spacial score (nSPS) is 14.6. The lowest BCUT2D eigenvalue weighted by Crippen LogP contribution is -2.40. The summed E-state index contributed by atoms with van der Waals surface area (Å²) in [7, 11) is 1.63. The van der Waals surface area contributed by atoms with Crippen LogP contribution in [0.3, 0.4) is 0 Å². The second-order valence-electron chi connectivity index (χ2n) is 6.93. The van der Waals surface area contributed by atoms with Crippen LogP contribution in [0.5, 0.6) is 5.75 Å². The van der Waals surface area contributed by atoms with E-state index in [1.54, 1.807) is 13.3 Å². The molecule has 1 N–H and O–H groups in total. The molecule has 4 rings (SSSR count). The van der Waals surface area contributed by atoms with E-state index in [4.69, 9.17) is 9.26 Å². The molecular formula is C21H23N5O3. The number of hydrogen-bond donors (Lipinski definition) is 1. The number of piperidine rings is 1. The molecule has 0 atom stereocenters. The predicted octanol–water partition coefficient (Wildman–Crippen LogP) is 2.67. The van der Waals surface area contributed by atoms with E-state index >= 15 is 0 Å². The van der Waals surface area contributed by atoms with E-state index in [2.05, 4.69) is 20.4 Å². The van der Waals surface area contributed by atoms with E-state index in [1.165, 1.54) is 0 Å². The Morgan fingerprint density at radius 2 is 2.00 bits per heavy atom. The zero-order chi connectivity index (χ0) is 20.1. The van der Waals surface area contributed by atoms with Crippen LogP contribution in [0.2, 0.25) is 0 Å². The molecule has 1 amide bonds. The quantitative estimate of drug-likeness (QED) is 0.688. The first kappa shape index (κ1) is 18.9. The number of carbonyl (C=O) groups excluding carboxylic acids is 1. The van der Waals surface area contributed by atoms with E-state index < -0.39 is 0 Å². The molecule has 0 bridgehead atoms. The van der Waals surface area contributed by atoms with Gasteiger partial charge >= 0.3 is 6.01 Å². The number of rotatable bonds is 6. The Morgan fingerprint density at radius 3 is 2.69 bits per heavy atom. The average Bonchev–Trinajstić information content (AvgIpc) is 3.29. The molecule has 29 heavy (non-hydrogen) atoms. The summed E-state index contributed by atoms with van der Waals surface area (Å²) >= 11 is 0. The number of carbonyl (C=O) groups is 1. The molecule has 150 valence electrons. The molecule has 1 aromatic carbocycles. The molecule has 3 heterocycles. The van der Waals surface area contributed by atoms with Gasteiger partial charge in [-0.2, -0.15) is 4.98 Å². The summed E-state index contributed by atoms with van der Waals surface area (Å²) < 4.78 is 10.6. The number of pyridine rings is 1. The van der Waals surface area contributed by atoms with Gasteiger partial charge < -0.3 is 19.5 Å². The van der Waals surface area contributed by atoms with Crippen molar-refractivity contribution < 1.29 is 14.1 Å². The lowest BCUT2D eigenvalue weighted by atomic mass is 9.96. The molecule has 0 spiro atoms. The Balaban J connectivity index is 1.30. The van der Waals surface area contributed by atoms with E-state index in [1.807, 2.05) is 47.4 Å². The molecule has 0 aliphatic carbocycles. The minimum Gasteiger partial charge on any atom is -0.497 e. The molecule has 1 aliphatic heterocycles. The summed E-state index contributed by atoms with van der Waals surface area (Å²) in [6.45, 7) is 1.85. The fourth-order valence-corrected chi connectivity index (χ4v) is 3.36. The molecule has 0 unspecified atom stereocenters. The Hall–Kier alpha value is -3.42. The third-order valence-electron chi connectivity index (χ3n) is 5.07. The van der Waals surface area contributed by atoms with Crippen LogP contribution in [0.25, 0.3) is 11.4 Å². The third kappa shape index (κ3) is 4.53. The second-order valence-corrected chi connectivity index (χ2v) is 6.93. The first-order valence-electron chi connectivity index (χ1n) is 9.63. The van der Waals surface area contributed by atoms with Crippen molar-refractivity contribution in [3.05, 3.63) is 54.4 Å². The average molecular weight is 393 g/mol. The van der Waals surface area contributed by atoms with Gasteiger partial charge in [0.25, 0.3) is 0 Å². The van der Waals surface area contributed by atoms with Crippen molar-refractivity contribution in [1.29, 1.82) is 0 Å². The van der Waals surface area contributed by atoms with Gasteiger partial charge in [0.05, 0.1) is 19.3 Å². The number of aromatic nitrogens is 3. The first-order chi connectivity index (χ1) is 14.2. The Bertz CT molecular complexity index is 934. The van der Waals surface area contributed by atoms with Gasteiger partial charge in [0.2, 0.25) is 11.7 Å². The van der Waals surface area contributed by atoms with Crippen molar-refractivity contribution in [1.82, 2.24) is 20.4 Å². The van der Waals surface area contributed by atoms with Gasteiger partial charge in [0.1, 0.15) is 5.75 Å². The maximum Gasteiger partial charge on any atom is 0.324 e. The second kappa shape index (κ2) is 8.72. The first-order valence-corrected chi connectivity index (χ1v) is 9.63. The fourth-order valence-electron chi connectivity index (χ4n) is 3.36. The molecule has 8 nitrogen and oxygen atoms in total. The highest BCUT2D eigenvalue weighted by molar-refractivity contribution is 5.78. The monoisotopic (exact) mass is 393 g/mol. The van der Waals surface area contributed by atoms with E-state index in [0.717, 1.165) is 29.8 Å². The van der Waals surface area contributed by atoms with Gasteiger partial charge in [0, 0.05) is 30.8 Å². The van der Waals surface area contributed by atoms with Crippen molar-refractivity contribution in [3.63, 3.8) is 0 Å². The zero-order valence-corrected chi connectivity index (χ0v) is 16.2. The number of ether oxygens (including phenoxy) is 1. The summed E-state index contributed by atoms with van der Waals surface area (Å²) in [5.74, 6) is 1.37. The third-order valence-corrected chi connectivity index (χ3v) is 5.07. The van der Waals surface area contributed by atoms with Crippen LogP contribution in [-0.2, 0) is 11.3 Å². The molecule has 0 saturated carbocycles. The van der Waals surface area contributed by atoms with Crippen LogP contribution in [0.1, 0.15) is 18.5 Å². The number of amides is 1. The highest BCUT2D eigenvalue weighted by Crippen LogP contribution is 2.25. The number of methoxy groups -OCH3 is 1. The molecule has 1 saturated heterocycles. The molecular weight excluding hydrogens is 370 g/mol. The van der Waals surface area contributed by atoms with Gasteiger partial charge in [-0.1, -0.05) is 11.2 Å². The van der Waals surface area contributed by atoms with Gasteiger partial charge in [-0.25, -0.2) is 0 Å². The largest absolute Gasteiger partial charge is 0.497 e. The summed E-state index contributed by atoms with van der Waals surface area (Å²) in [4.78, 5) is 23.2.